The van der Waals surface area contributed by atoms with Crippen LogP contribution in [0, 0.1) is 18.5 Å². The molecule has 5 heteroatoms. The molecule has 0 unspecified atom stereocenters. The highest BCUT2D eigenvalue weighted by molar-refractivity contribution is 7.71. The van der Waals surface area contributed by atoms with E-state index in [4.69, 9.17) is 17.0 Å². The summed E-state index contributed by atoms with van der Waals surface area (Å²) in [6.45, 7) is 5.26. The summed E-state index contributed by atoms with van der Waals surface area (Å²) < 4.78 is 6.06. The Bertz CT molecular complexity index is 673. The number of rotatable bonds is 1. The van der Waals surface area contributed by atoms with Crippen molar-refractivity contribution in [3.05, 3.63) is 39.4 Å². The van der Waals surface area contributed by atoms with E-state index in [2.05, 4.69) is 15.0 Å². The average molecular weight is 273 g/mol. The molecule has 1 N–H and O–H groups in total. The van der Waals surface area contributed by atoms with E-state index in [0.29, 0.717) is 11.2 Å². The molecule has 1 aliphatic heterocycles. The van der Waals surface area contributed by atoms with Crippen LogP contribution in [-0.4, -0.2) is 21.6 Å². The van der Waals surface area contributed by atoms with Crippen LogP contribution in [0.1, 0.15) is 22.6 Å². The first-order valence-electron chi connectivity index (χ1n) is 6.29. The van der Waals surface area contributed by atoms with E-state index in [9.17, 15) is 0 Å². The number of aromatic amines is 1. The van der Waals surface area contributed by atoms with Crippen molar-refractivity contribution in [2.24, 2.45) is 0 Å². The Morgan fingerprint density at radius 3 is 2.68 bits per heavy atom. The van der Waals surface area contributed by atoms with E-state index in [1.807, 2.05) is 26.0 Å². The standard InChI is InChI=1S/C14H15N3OS/c1-8-5-10(6-9(2)15-8)13-16-12-3-4-18-7-11(12)14(19)17-13/h5-6H,3-4,7H2,1-2H3,(H,16,17,19). The molecule has 1 aliphatic rings. The minimum Gasteiger partial charge on any atom is -0.376 e. The van der Waals surface area contributed by atoms with Crippen LogP contribution in [0.15, 0.2) is 12.1 Å². The molecule has 3 rings (SSSR count). The van der Waals surface area contributed by atoms with Gasteiger partial charge in [-0.05, 0) is 26.0 Å². The highest BCUT2D eigenvalue weighted by Gasteiger charge is 2.14. The highest BCUT2D eigenvalue weighted by atomic mass is 32.1. The molecule has 19 heavy (non-hydrogen) atoms. The number of ether oxygens (including phenoxy) is 1. The predicted molar refractivity (Wildman–Crippen MR) is 75.5 cm³/mol. The summed E-state index contributed by atoms with van der Waals surface area (Å²) in [5.74, 6) is 0.819. The van der Waals surface area contributed by atoms with Crippen LogP contribution in [0.25, 0.3) is 11.4 Å². The smallest absolute Gasteiger partial charge is 0.139 e. The van der Waals surface area contributed by atoms with E-state index in [-0.39, 0.29) is 0 Å². The summed E-state index contributed by atoms with van der Waals surface area (Å²) in [5.41, 5.74) is 5.17. The van der Waals surface area contributed by atoms with Gasteiger partial charge >= 0.3 is 0 Å². The van der Waals surface area contributed by atoms with Gasteiger partial charge in [-0.3, -0.25) is 4.98 Å². The van der Waals surface area contributed by atoms with Gasteiger partial charge in [0, 0.05) is 34.6 Å². The van der Waals surface area contributed by atoms with Gasteiger partial charge in [0.1, 0.15) is 10.5 Å². The molecule has 0 saturated carbocycles. The molecule has 0 aromatic carbocycles. The van der Waals surface area contributed by atoms with Gasteiger partial charge in [-0.1, -0.05) is 12.2 Å². The molecule has 2 aromatic heterocycles. The highest BCUT2D eigenvalue weighted by Crippen LogP contribution is 2.21. The van der Waals surface area contributed by atoms with Crippen LogP contribution in [0.4, 0.5) is 0 Å². The second kappa shape index (κ2) is 4.83. The minimum atomic E-state index is 0.562. The van der Waals surface area contributed by atoms with Crippen molar-refractivity contribution in [3.63, 3.8) is 0 Å². The van der Waals surface area contributed by atoms with E-state index in [1.54, 1.807) is 0 Å². The molecule has 2 aromatic rings. The van der Waals surface area contributed by atoms with Crippen LogP contribution < -0.4 is 0 Å². The average Bonchev–Trinajstić information content (AvgIpc) is 2.37. The molecule has 0 saturated heterocycles. The summed E-state index contributed by atoms with van der Waals surface area (Å²) >= 11 is 5.37. The van der Waals surface area contributed by atoms with Crippen molar-refractivity contribution in [1.29, 1.82) is 0 Å². The SMILES string of the molecule is Cc1cc(-c2nc(=S)c3c([nH]2)CCOC3)cc(C)n1. The number of pyridine rings is 1. The zero-order chi connectivity index (χ0) is 13.4. The molecule has 4 nitrogen and oxygen atoms in total. The maximum Gasteiger partial charge on any atom is 0.139 e. The Morgan fingerprint density at radius 2 is 1.95 bits per heavy atom. The van der Waals surface area contributed by atoms with Crippen molar-refractivity contribution in [2.45, 2.75) is 26.9 Å². The molecule has 0 atom stereocenters. The third kappa shape index (κ3) is 2.43. The molecule has 0 bridgehead atoms. The molecular formula is C14H15N3OS. The summed E-state index contributed by atoms with van der Waals surface area (Å²) in [5, 5.41) is 0. The zero-order valence-electron chi connectivity index (χ0n) is 11.0. The lowest BCUT2D eigenvalue weighted by molar-refractivity contribution is 0.108. The van der Waals surface area contributed by atoms with E-state index < -0.39 is 0 Å². The normalized spacial score (nSPS) is 14.2. The van der Waals surface area contributed by atoms with E-state index in [0.717, 1.165) is 47.1 Å². The maximum absolute atomic E-state index is 5.42. The molecular weight excluding hydrogens is 258 g/mol. The minimum absolute atomic E-state index is 0.562. The number of hydrogen-bond donors (Lipinski definition) is 1. The number of aryl methyl sites for hydroxylation is 2. The molecule has 0 fully saturated rings. The Labute approximate surface area is 116 Å². The number of aromatic nitrogens is 3. The second-order valence-corrected chi connectivity index (χ2v) is 5.18. The maximum atomic E-state index is 5.42. The van der Waals surface area contributed by atoms with Crippen molar-refractivity contribution >= 4 is 12.2 Å². The van der Waals surface area contributed by atoms with Crippen molar-refractivity contribution < 1.29 is 4.74 Å². The molecule has 98 valence electrons. The Morgan fingerprint density at radius 1 is 1.21 bits per heavy atom. The molecule has 0 spiro atoms. The quantitative estimate of drug-likeness (QED) is 0.812. The van der Waals surface area contributed by atoms with Crippen LogP contribution in [0.3, 0.4) is 0 Å². The van der Waals surface area contributed by atoms with Crippen LogP contribution in [-0.2, 0) is 17.8 Å². The van der Waals surface area contributed by atoms with E-state index >= 15 is 0 Å². The number of H-pyrrole nitrogens is 1. The number of hydrogen-bond acceptors (Lipinski definition) is 4. The summed E-state index contributed by atoms with van der Waals surface area (Å²) in [7, 11) is 0. The largest absolute Gasteiger partial charge is 0.376 e. The lowest BCUT2D eigenvalue weighted by Crippen LogP contribution is -2.14. The van der Waals surface area contributed by atoms with Crippen LogP contribution in [0.2, 0.25) is 0 Å². The summed E-state index contributed by atoms with van der Waals surface area (Å²) in [6.07, 6.45) is 0.859. The Balaban J connectivity index is 2.15. The molecule has 0 aliphatic carbocycles. The molecule has 3 heterocycles. The first kappa shape index (κ1) is 12.4. The third-order valence-electron chi connectivity index (χ3n) is 3.20. The Kier molecular flexibility index (Phi) is 3.16. The fourth-order valence-electron chi connectivity index (χ4n) is 2.36. The lowest BCUT2D eigenvalue weighted by atomic mass is 10.1. The van der Waals surface area contributed by atoms with E-state index in [1.165, 1.54) is 0 Å². The van der Waals surface area contributed by atoms with Crippen LogP contribution >= 0.6 is 12.2 Å². The van der Waals surface area contributed by atoms with Gasteiger partial charge < -0.3 is 9.72 Å². The van der Waals surface area contributed by atoms with Gasteiger partial charge in [-0.25, -0.2) is 4.98 Å². The van der Waals surface area contributed by atoms with Gasteiger partial charge in [-0.15, -0.1) is 0 Å². The van der Waals surface area contributed by atoms with Gasteiger partial charge in [0.25, 0.3) is 0 Å². The monoisotopic (exact) mass is 273 g/mol. The van der Waals surface area contributed by atoms with Gasteiger partial charge in [0.2, 0.25) is 0 Å². The number of nitrogens with zero attached hydrogens (tertiary/aromatic N) is 2. The van der Waals surface area contributed by atoms with Crippen molar-refractivity contribution in [1.82, 2.24) is 15.0 Å². The number of nitrogens with one attached hydrogen (secondary N) is 1. The first-order chi connectivity index (χ1) is 9.13. The van der Waals surface area contributed by atoms with Crippen LogP contribution in [0.5, 0.6) is 0 Å². The second-order valence-electron chi connectivity index (χ2n) is 4.79. The van der Waals surface area contributed by atoms with Gasteiger partial charge in [0.15, 0.2) is 0 Å². The summed E-state index contributed by atoms with van der Waals surface area (Å²) in [6, 6.07) is 4.04. The van der Waals surface area contributed by atoms with Gasteiger partial charge in [0.05, 0.1) is 13.2 Å². The fourth-order valence-corrected chi connectivity index (χ4v) is 2.64. The summed E-state index contributed by atoms with van der Waals surface area (Å²) in [4.78, 5) is 12.3. The molecule has 0 amide bonds. The van der Waals surface area contributed by atoms with Crippen molar-refractivity contribution in [3.8, 4) is 11.4 Å². The van der Waals surface area contributed by atoms with Gasteiger partial charge in [-0.2, -0.15) is 0 Å². The Hall–Kier alpha value is -1.59. The molecule has 0 radical (unpaired) electrons. The van der Waals surface area contributed by atoms with Crippen molar-refractivity contribution in [2.75, 3.05) is 6.61 Å². The predicted octanol–water partition coefficient (Wildman–Crippen LogP) is 2.89. The number of fused-ring (bicyclic) bond motifs is 1. The third-order valence-corrected chi connectivity index (χ3v) is 3.54. The lowest BCUT2D eigenvalue weighted by Gasteiger charge is -2.17. The first-order valence-corrected chi connectivity index (χ1v) is 6.70. The topological polar surface area (TPSA) is 50.8 Å². The fraction of sp³-hybridized carbons (Fsp3) is 0.357. The zero-order valence-corrected chi connectivity index (χ0v) is 11.8.